The Labute approximate surface area is 118 Å². The van der Waals surface area contributed by atoms with Gasteiger partial charge in [0.05, 0.1) is 6.54 Å². The van der Waals surface area contributed by atoms with Crippen LogP contribution in [0.2, 0.25) is 0 Å². The van der Waals surface area contributed by atoms with E-state index in [1.165, 1.54) is 0 Å². The maximum atomic E-state index is 6.04. The molecule has 1 aliphatic rings. The summed E-state index contributed by atoms with van der Waals surface area (Å²) in [7, 11) is 0. The molecule has 0 aromatic carbocycles. The van der Waals surface area contributed by atoms with E-state index in [1.54, 1.807) is 0 Å². The van der Waals surface area contributed by atoms with Crippen LogP contribution in [0, 0.1) is 6.92 Å². The van der Waals surface area contributed by atoms with Crippen molar-refractivity contribution < 1.29 is 0 Å². The lowest BCUT2D eigenvalue weighted by Gasteiger charge is -2.30. The number of nitrogen functional groups attached to an aromatic ring is 1. The van der Waals surface area contributed by atoms with Crippen LogP contribution < -0.4 is 10.6 Å². The van der Waals surface area contributed by atoms with E-state index in [-0.39, 0.29) is 5.92 Å². The molecule has 3 heterocycles. The van der Waals surface area contributed by atoms with Crippen LogP contribution >= 0.6 is 0 Å². The predicted molar refractivity (Wildman–Crippen MR) is 78.5 cm³/mol. The zero-order chi connectivity index (χ0) is 14.3. The van der Waals surface area contributed by atoms with Crippen molar-refractivity contribution in [2.24, 2.45) is 0 Å². The van der Waals surface area contributed by atoms with Crippen LogP contribution in [0.15, 0.2) is 12.4 Å². The molecule has 0 amide bonds. The first-order valence-electron chi connectivity index (χ1n) is 6.95. The first-order valence-corrected chi connectivity index (χ1v) is 6.95. The quantitative estimate of drug-likeness (QED) is 0.901. The highest BCUT2D eigenvalue weighted by atomic mass is 15.3. The lowest BCUT2D eigenvalue weighted by molar-refractivity contribution is 0.553. The summed E-state index contributed by atoms with van der Waals surface area (Å²) in [5.74, 6) is 3.66. The second-order valence-corrected chi connectivity index (χ2v) is 5.53. The number of rotatable bonds is 2. The molecule has 0 saturated carbocycles. The Kier molecular flexibility index (Phi) is 3.08. The number of nitrogens with zero attached hydrogens (tertiary/aromatic N) is 5. The van der Waals surface area contributed by atoms with Crippen molar-refractivity contribution in [1.29, 1.82) is 0 Å². The molecular weight excluding hydrogens is 252 g/mol. The van der Waals surface area contributed by atoms with Crippen molar-refractivity contribution >= 4 is 11.6 Å². The minimum Gasteiger partial charge on any atom is -0.383 e. The molecule has 0 aliphatic carbocycles. The normalized spacial score (nSPS) is 14.7. The summed E-state index contributed by atoms with van der Waals surface area (Å²) in [6.45, 7) is 8.75. The van der Waals surface area contributed by atoms with Gasteiger partial charge in [0.1, 0.15) is 23.3 Å². The lowest BCUT2D eigenvalue weighted by atomic mass is 10.2. The van der Waals surface area contributed by atoms with Crippen LogP contribution in [0.1, 0.15) is 37.0 Å². The van der Waals surface area contributed by atoms with E-state index in [0.717, 1.165) is 42.7 Å². The minimum absolute atomic E-state index is 0.267. The van der Waals surface area contributed by atoms with Crippen molar-refractivity contribution in [3.63, 3.8) is 0 Å². The SMILES string of the molecule is Cc1c(N)nc(C(C)C)nc1N1CCn2ccnc2C1. The third-order valence-electron chi connectivity index (χ3n) is 3.74. The predicted octanol–water partition coefficient (Wildman–Crippen LogP) is 1.71. The topological polar surface area (TPSA) is 72.9 Å². The molecular formula is C14H20N6. The number of nitrogens with two attached hydrogens (primary N) is 1. The molecule has 0 unspecified atom stereocenters. The van der Waals surface area contributed by atoms with Gasteiger partial charge in [0.15, 0.2) is 0 Å². The molecule has 3 rings (SSSR count). The molecule has 6 nitrogen and oxygen atoms in total. The molecule has 2 aromatic heterocycles. The summed E-state index contributed by atoms with van der Waals surface area (Å²) in [6.07, 6.45) is 3.87. The average Bonchev–Trinajstić information content (AvgIpc) is 2.88. The van der Waals surface area contributed by atoms with Gasteiger partial charge in [0.2, 0.25) is 0 Å². The van der Waals surface area contributed by atoms with Crippen LogP contribution in [0.3, 0.4) is 0 Å². The Hall–Kier alpha value is -2.11. The van der Waals surface area contributed by atoms with Gasteiger partial charge >= 0.3 is 0 Å². The molecule has 0 radical (unpaired) electrons. The van der Waals surface area contributed by atoms with Crippen LogP contribution in [0.25, 0.3) is 0 Å². The van der Waals surface area contributed by atoms with Crippen molar-refractivity contribution in [3.05, 3.63) is 29.6 Å². The molecule has 0 bridgehead atoms. The maximum absolute atomic E-state index is 6.04. The molecule has 2 N–H and O–H groups in total. The minimum atomic E-state index is 0.267. The van der Waals surface area contributed by atoms with Gasteiger partial charge in [-0.2, -0.15) is 0 Å². The molecule has 0 atom stereocenters. The van der Waals surface area contributed by atoms with Gasteiger partial charge in [0.25, 0.3) is 0 Å². The van der Waals surface area contributed by atoms with Crippen molar-refractivity contribution in [3.8, 4) is 0 Å². The molecule has 0 spiro atoms. The Morgan fingerprint density at radius 2 is 2.05 bits per heavy atom. The van der Waals surface area contributed by atoms with Gasteiger partial charge in [-0.15, -0.1) is 0 Å². The Morgan fingerprint density at radius 3 is 2.80 bits per heavy atom. The first kappa shape index (κ1) is 12.9. The summed E-state index contributed by atoms with van der Waals surface area (Å²) >= 11 is 0. The van der Waals surface area contributed by atoms with Crippen molar-refractivity contribution in [2.45, 2.75) is 39.8 Å². The second kappa shape index (κ2) is 4.77. The molecule has 1 aliphatic heterocycles. The Bertz CT molecular complexity index is 631. The van der Waals surface area contributed by atoms with E-state index in [4.69, 9.17) is 10.7 Å². The van der Waals surface area contributed by atoms with Gasteiger partial charge in [-0.3, -0.25) is 0 Å². The summed E-state index contributed by atoms with van der Waals surface area (Å²) < 4.78 is 2.18. The highest BCUT2D eigenvalue weighted by Gasteiger charge is 2.21. The van der Waals surface area contributed by atoms with E-state index in [0.29, 0.717) is 5.82 Å². The molecule has 106 valence electrons. The van der Waals surface area contributed by atoms with E-state index >= 15 is 0 Å². The van der Waals surface area contributed by atoms with Gasteiger partial charge < -0.3 is 15.2 Å². The van der Waals surface area contributed by atoms with E-state index in [2.05, 4.69) is 33.3 Å². The van der Waals surface area contributed by atoms with Crippen LogP contribution in [-0.2, 0) is 13.1 Å². The smallest absolute Gasteiger partial charge is 0.137 e. The highest BCUT2D eigenvalue weighted by Crippen LogP contribution is 2.26. The Balaban J connectivity index is 1.98. The number of hydrogen-bond donors (Lipinski definition) is 1. The molecule has 2 aromatic rings. The summed E-state index contributed by atoms with van der Waals surface area (Å²) in [5, 5.41) is 0. The fourth-order valence-electron chi connectivity index (χ4n) is 2.46. The zero-order valence-corrected chi connectivity index (χ0v) is 12.2. The van der Waals surface area contributed by atoms with Crippen molar-refractivity contribution in [1.82, 2.24) is 19.5 Å². The lowest BCUT2D eigenvalue weighted by Crippen LogP contribution is -2.35. The van der Waals surface area contributed by atoms with Crippen LogP contribution in [-0.4, -0.2) is 26.1 Å². The van der Waals surface area contributed by atoms with E-state index in [9.17, 15) is 0 Å². The summed E-state index contributed by atoms with van der Waals surface area (Å²) in [5.41, 5.74) is 7.00. The van der Waals surface area contributed by atoms with Crippen molar-refractivity contribution in [2.75, 3.05) is 17.2 Å². The first-order chi connectivity index (χ1) is 9.56. The standard InChI is InChI=1S/C14H20N6/c1-9(2)13-17-12(15)10(3)14(18-13)20-7-6-19-5-4-16-11(19)8-20/h4-5,9H,6-8H2,1-3H3,(H2,15,17,18). The Morgan fingerprint density at radius 1 is 1.25 bits per heavy atom. The van der Waals surface area contributed by atoms with E-state index in [1.807, 2.05) is 19.3 Å². The molecule has 6 heteroatoms. The average molecular weight is 272 g/mol. The van der Waals surface area contributed by atoms with Gasteiger partial charge in [-0.25, -0.2) is 15.0 Å². The van der Waals surface area contributed by atoms with Crippen LogP contribution in [0.4, 0.5) is 11.6 Å². The molecule has 20 heavy (non-hydrogen) atoms. The number of anilines is 2. The summed E-state index contributed by atoms with van der Waals surface area (Å²) in [4.78, 5) is 15.7. The van der Waals surface area contributed by atoms with Gasteiger partial charge in [-0.1, -0.05) is 13.8 Å². The highest BCUT2D eigenvalue weighted by molar-refractivity contribution is 5.57. The number of imidazole rings is 1. The van der Waals surface area contributed by atoms with E-state index < -0.39 is 0 Å². The number of aromatic nitrogens is 4. The fraction of sp³-hybridized carbons (Fsp3) is 0.500. The van der Waals surface area contributed by atoms with Gasteiger partial charge in [0, 0.05) is 37.0 Å². The third-order valence-corrected chi connectivity index (χ3v) is 3.74. The maximum Gasteiger partial charge on any atom is 0.137 e. The summed E-state index contributed by atoms with van der Waals surface area (Å²) in [6, 6.07) is 0. The monoisotopic (exact) mass is 272 g/mol. The molecule has 0 saturated heterocycles. The fourth-order valence-corrected chi connectivity index (χ4v) is 2.46. The largest absolute Gasteiger partial charge is 0.383 e. The van der Waals surface area contributed by atoms with Gasteiger partial charge in [-0.05, 0) is 6.92 Å². The number of hydrogen-bond acceptors (Lipinski definition) is 5. The third kappa shape index (κ3) is 2.11. The number of fused-ring (bicyclic) bond motifs is 1. The second-order valence-electron chi connectivity index (χ2n) is 5.53. The molecule has 0 fully saturated rings. The zero-order valence-electron chi connectivity index (χ0n) is 12.2. The van der Waals surface area contributed by atoms with Crippen LogP contribution in [0.5, 0.6) is 0 Å².